The van der Waals surface area contributed by atoms with Crippen molar-refractivity contribution >= 4 is 5.97 Å². The Morgan fingerprint density at radius 1 is 0.800 bits per heavy atom. The van der Waals surface area contributed by atoms with E-state index in [9.17, 15) is 4.79 Å². The quantitative estimate of drug-likeness (QED) is 0.208. The first kappa shape index (κ1) is 24.1. The minimum atomic E-state index is -0.812. The van der Waals surface area contributed by atoms with Crippen molar-refractivity contribution < 1.29 is 19.7 Å². The molecule has 2 N–H and O–H groups in total. The predicted molar refractivity (Wildman–Crippen MR) is 104 cm³/mol. The Hall–Kier alpha value is -0.870. The number of ether oxygens (including phenoxy) is 1. The van der Waals surface area contributed by atoms with Gasteiger partial charge in [0, 0.05) is 6.08 Å². The van der Waals surface area contributed by atoms with Crippen molar-refractivity contribution in [3.05, 3.63) is 12.2 Å². The van der Waals surface area contributed by atoms with Gasteiger partial charge in [-0.2, -0.15) is 0 Å². The molecular weight excluding hydrogens is 316 g/mol. The van der Waals surface area contributed by atoms with E-state index in [0.717, 1.165) is 12.8 Å². The second-order valence-corrected chi connectivity index (χ2v) is 6.86. The lowest BCUT2D eigenvalue weighted by Crippen LogP contribution is -2.24. The Bertz CT molecular complexity index is 311. The number of esters is 1. The topological polar surface area (TPSA) is 66.8 Å². The molecule has 0 aromatic rings. The van der Waals surface area contributed by atoms with Gasteiger partial charge in [0.2, 0.25) is 0 Å². The highest BCUT2D eigenvalue weighted by molar-refractivity contribution is 5.82. The van der Waals surface area contributed by atoms with Crippen LogP contribution in [0.5, 0.6) is 0 Å². The van der Waals surface area contributed by atoms with Gasteiger partial charge < -0.3 is 14.9 Å². The van der Waals surface area contributed by atoms with Crippen LogP contribution in [0.15, 0.2) is 12.2 Å². The minimum Gasteiger partial charge on any atom is -0.454 e. The van der Waals surface area contributed by atoms with Gasteiger partial charge in [0.1, 0.15) is 6.10 Å². The zero-order chi connectivity index (χ0) is 18.6. The van der Waals surface area contributed by atoms with Crippen molar-refractivity contribution in [2.24, 2.45) is 0 Å². The molecule has 0 aliphatic carbocycles. The fourth-order valence-electron chi connectivity index (χ4n) is 2.80. The van der Waals surface area contributed by atoms with Crippen LogP contribution in [-0.2, 0) is 9.53 Å². The van der Waals surface area contributed by atoms with Crippen molar-refractivity contribution in [1.82, 2.24) is 0 Å². The van der Waals surface area contributed by atoms with Crippen LogP contribution < -0.4 is 0 Å². The number of carbonyl (C=O) groups is 1. The molecule has 0 aliphatic heterocycles. The van der Waals surface area contributed by atoms with Gasteiger partial charge in [-0.25, -0.2) is 4.79 Å². The van der Waals surface area contributed by atoms with Crippen LogP contribution in [0.2, 0.25) is 0 Å². The predicted octanol–water partition coefficient (Wildman–Crippen LogP) is 4.92. The molecule has 0 aromatic heterocycles. The highest BCUT2D eigenvalue weighted by Crippen LogP contribution is 2.13. The zero-order valence-corrected chi connectivity index (χ0v) is 16.3. The molecule has 0 rings (SSSR count). The number of aliphatic hydroxyl groups is 2. The normalized spacial score (nSPS) is 11.5. The monoisotopic (exact) mass is 356 g/mol. The lowest BCUT2D eigenvalue weighted by molar-refractivity contribution is -0.147. The number of hydrogen-bond donors (Lipinski definition) is 2. The average Bonchev–Trinajstić information content (AvgIpc) is 2.62. The van der Waals surface area contributed by atoms with Gasteiger partial charge in [-0.1, -0.05) is 90.0 Å². The van der Waals surface area contributed by atoms with Crippen LogP contribution >= 0.6 is 0 Å². The summed E-state index contributed by atoms with van der Waals surface area (Å²) in [5.74, 6) is -0.497. The third kappa shape index (κ3) is 17.7. The molecule has 0 unspecified atom stereocenters. The fourth-order valence-corrected chi connectivity index (χ4v) is 2.80. The lowest BCUT2D eigenvalue weighted by atomic mass is 10.0. The Morgan fingerprint density at radius 3 is 1.68 bits per heavy atom. The van der Waals surface area contributed by atoms with E-state index >= 15 is 0 Å². The van der Waals surface area contributed by atoms with Crippen LogP contribution in [0, 0.1) is 0 Å². The molecule has 0 saturated heterocycles. The van der Waals surface area contributed by atoms with Gasteiger partial charge in [-0.3, -0.25) is 0 Å². The molecular formula is C21H40O4. The van der Waals surface area contributed by atoms with Gasteiger partial charge in [0.05, 0.1) is 13.2 Å². The number of aliphatic hydroxyl groups excluding tert-OH is 2. The molecule has 0 radical (unpaired) electrons. The largest absolute Gasteiger partial charge is 0.454 e. The summed E-state index contributed by atoms with van der Waals surface area (Å²) >= 11 is 0. The maximum absolute atomic E-state index is 11.4. The van der Waals surface area contributed by atoms with Crippen LogP contribution in [0.4, 0.5) is 0 Å². The molecule has 0 spiro atoms. The fraction of sp³-hybridized carbons (Fsp3) is 0.857. The molecule has 0 amide bonds. The molecule has 25 heavy (non-hydrogen) atoms. The molecule has 0 saturated carbocycles. The summed E-state index contributed by atoms with van der Waals surface area (Å²) in [4.78, 5) is 11.4. The van der Waals surface area contributed by atoms with Crippen LogP contribution in [0.3, 0.4) is 0 Å². The molecule has 0 atom stereocenters. The third-order valence-electron chi connectivity index (χ3n) is 4.42. The van der Waals surface area contributed by atoms with E-state index in [-0.39, 0.29) is 13.2 Å². The van der Waals surface area contributed by atoms with E-state index in [1.807, 2.05) is 6.08 Å². The lowest BCUT2D eigenvalue weighted by Gasteiger charge is -2.10. The summed E-state index contributed by atoms with van der Waals surface area (Å²) < 4.78 is 4.84. The SMILES string of the molecule is CCCCCCCCCCCCCCC/C=C/C(=O)OC(CO)CO. The second-order valence-electron chi connectivity index (χ2n) is 6.86. The number of rotatable bonds is 18. The number of carbonyl (C=O) groups excluding carboxylic acids is 1. The molecule has 0 heterocycles. The van der Waals surface area contributed by atoms with Crippen molar-refractivity contribution in [3.63, 3.8) is 0 Å². The molecule has 0 bridgehead atoms. The summed E-state index contributed by atoms with van der Waals surface area (Å²) in [5, 5.41) is 17.6. The first-order valence-electron chi connectivity index (χ1n) is 10.3. The Morgan fingerprint density at radius 2 is 1.24 bits per heavy atom. The summed E-state index contributed by atoms with van der Waals surface area (Å²) in [6, 6.07) is 0. The summed E-state index contributed by atoms with van der Waals surface area (Å²) in [6.45, 7) is 1.56. The van der Waals surface area contributed by atoms with Crippen molar-refractivity contribution in [1.29, 1.82) is 0 Å². The van der Waals surface area contributed by atoms with E-state index in [4.69, 9.17) is 14.9 Å². The number of hydrogen-bond acceptors (Lipinski definition) is 4. The van der Waals surface area contributed by atoms with Crippen molar-refractivity contribution in [2.45, 2.75) is 103 Å². The molecule has 0 aromatic carbocycles. The Balaban J connectivity index is 3.28. The van der Waals surface area contributed by atoms with Gasteiger partial charge in [0.25, 0.3) is 0 Å². The molecule has 4 heteroatoms. The average molecular weight is 357 g/mol. The second kappa shape index (κ2) is 19.5. The Labute approximate surface area is 154 Å². The van der Waals surface area contributed by atoms with Crippen LogP contribution in [-0.4, -0.2) is 35.5 Å². The Kier molecular flexibility index (Phi) is 18.8. The van der Waals surface area contributed by atoms with Gasteiger partial charge in [-0.15, -0.1) is 0 Å². The molecule has 4 nitrogen and oxygen atoms in total. The maximum Gasteiger partial charge on any atom is 0.330 e. The van der Waals surface area contributed by atoms with Gasteiger partial charge in [0.15, 0.2) is 0 Å². The first-order valence-corrected chi connectivity index (χ1v) is 10.3. The minimum absolute atomic E-state index is 0.352. The van der Waals surface area contributed by atoms with Crippen molar-refractivity contribution in [2.75, 3.05) is 13.2 Å². The summed E-state index contributed by atoms with van der Waals surface area (Å²) in [7, 11) is 0. The number of unbranched alkanes of at least 4 members (excludes halogenated alkanes) is 13. The van der Waals surface area contributed by atoms with Gasteiger partial charge >= 0.3 is 5.97 Å². The van der Waals surface area contributed by atoms with Crippen molar-refractivity contribution in [3.8, 4) is 0 Å². The highest BCUT2D eigenvalue weighted by Gasteiger charge is 2.09. The third-order valence-corrected chi connectivity index (χ3v) is 4.42. The summed E-state index contributed by atoms with van der Waals surface area (Å²) in [5.41, 5.74) is 0. The van der Waals surface area contributed by atoms with Gasteiger partial charge in [-0.05, 0) is 12.8 Å². The first-order chi connectivity index (χ1) is 12.2. The molecule has 0 aliphatic rings. The summed E-state index contributed by atoms with van der Waals surface area (Å²) in [6.07, 6.45) is 20.6. The van der Waals surface area contributed by atoms with Crippen LogP contribution in [0.25, 0.3) is 0 Å². The zero-order valence-electron chi connectivity index (χ0n) is 16.3. The van der Waals surface area contributed by atoms with Crippen LogP contribution in [0.1, 0.15) is 96.8 Å². The molecule has 148 valence electrons. The van der Waals surface area contributed by atoms with E-state index in [1.165, 1.54) is 83.1 Å². The van der Waals surface area contributed by atoms with E-state index < -0.39 is 12.1 Å². The number of allylic oxidation sites excluding steroid dienone is 1. The standard InChI is InChI=1S/C21H40O4/c1-2-3-4-5-6-7-8-9-10-11-12-13-14-15-16-17-21(24)25-20(18-22)19-23/h16-17,20,22-23H,2-15,18-19H2,1H3/b17-16+. The van der Waals surface area contributed by atoms with E-state index in [1.54, 1.807) is 0 Å². The van der Waals surface area contributed by atoms with E-state index in [2.05, 4.69) is 6.92 Å². The highest BCUT2D eigenvalue weighted by atomic mass is 16.6. The smallest absolute Gasteiger partial charge is 0.330 e. The molecule has 0 fully saturated rings. The van der Waals surface area contributed by atoms with E-state index in [0.29, 0.717) is 0 Å². The maximum atomic E-state index is 11.4.